The van der Waals surface area contributed by atoms with Gasteiger partial charge >= 0.3 is 0 Å². The predicted molar refractivity (Wildman–Crippen MR) is 130 cm³/mol. The van der Waals surface area contributed by atoms with Gasteiger partial charge in [-0.1, -0.05) is 64.6 Å². The van der Waals surface area contributed by atoms with Crippen LogP contribution in [-0.4, -0.2) is 23.6 Å². The molecule has 0 radical (unpaired) electrons. The van der Waals surface area contributed by atoms with Crippen molar-refractivity contribution < 1.29 is 5.11 Å². The number of nitrogens with one attached hydrogen (secondary N) is 2. The lowest BCUT2D eigenvalue weighted by molar-refractivity contribution is 0.308. The second-order valence-corrected chi connectivity index (χ2v) is 6.19. The molecular formula is C25H43N3O. The van der Waals surface area contributed by atoms with Crippen molar-refractivity contribution in [3.05, 3.63) is 78.9 Å². The minimum Gasteiger partial charge on any atom is -0.508 e. The Balaban J connectivity index is 0. The molecule has 1 aromatic carbocycles. The summed E-state index contributed by atoms with van der Waals surface area (Å²) in [5.41, 5.74) is 2.15. The largest absolute Gasteiger partial charge is 0.508 e. The van der Waals surface area contributed by atoms with Gasteiger partial charge in [0.2, 0.25) is 0 Å². The van der Waals surface area contributed by atoms with Gasteiger partial charge in [-0.15, -0.1) is 6.58 Å². The molecule has 4 heteroatoms. The minimum atomic E-state index is 0.178. The highest BCUT2D eigenvalue weighted by molar-refractivity contribution is 5.31. The topological polar surface area (TPSA) is 47.5 Å². The molecule has 164 valence electrons. The second kappa shape index (κ2) is 18.7. The number of hydrogen-bond acceptors (Lipinski definition) is 4. The summed E-state index contributed by atoms with van der Waals surface area (Å²) >= 11 is 0. The summed E-state index contributed by atoms with van der Waals surface area (Å²) in [4.78, 5) is 2.14. The van der Waals surface area contributed by atoms with Gasteiger partial charge in [-0.05, 0) is 50.6 Å². The number of nitrogens with zero attached hydrogens (tertiary/aromatic N) is 1. The molecule has 0 spiro atoms. The van der Waals surface area contributed by atoms with Crippen LogP contribution in [-0.2, 0) is 0 Å². The third kappa shape index (κ3) is 12.5. The van der Waals surface area contributed by atoms with E-state index in [9.17, 15) is 5.11 Å². The van der Waals surface area contributed by atoms with E-state index in [0.29, 0.717) is 5.75 Å². The van der Waals surface area contributed by atoms with Gasteiger partial charge in [0.25, 0.3) is 0 Å². The zero-order chi connectivity index (χ0) is 22.7. The Kier molecular flexibility index (Phi) is 18.5. The van der Waals surface area contributed by atoms with E-state index in [0.717, 1.165) is 23.6 Å². The Morgan fingerprint density at radius 3 is 2.17 bits per heavy atom. The van der Waals surface area contributed by atoms with E-state index in [1.54, 1.807) is 24.4 Å². The van der Waals surface area contributed by atoms with Crippen LogP contribution in [0.4, 0.5) is 0 Å². The quantitative estimate of drug-likeness (QED) is 0.495. The van der Waals surface area contributed by atoms with E-state index in [2.05, 4.69) is 54.7 Å². The predicted octanol–water partition coefficient (Wildman–Crippen LogP) is 6.47. The third-order valence-corrected chi connectivity index (χ3v) is 3.73. The average molecular weight is 402 g/mol. The van der Waals surface area contributed by atoms with Crippen molar-refractivity contribution in [3.8, 4) is 5.75 Å². The molecule has 0 amide bonds. The number of phenols is 1. The summed E-state index contributed by atoms with van der Waals surface area (Å²) in [6.45, 7) is 20.1. The fourth-order valence-corrected chi connectivity index (χ4v) is 2.61. The molecule has 4 nitrogen and oxygen atoms in total. The van der Waals surface area contributed by atoms with E-state index in [4.69, 9.17) is 0 Å². The van der Waals surface area contributed by atoms with Gasteiger partial charge in [0.15, 0.2) is 0 Å². The maximum Gasteiger partial charge on any atom is 0.124 e. The summed E-state index contributed by atoms with van der Waals surface area (Å²) in [7, 11) is 2.03. The molecule has 2 rings (SSSR count). The average Bonchev–Trinajstić information content (AvgIpc) is 2.71. The van der Waals surface area contributed by atoms with Gasteiger partial charge in [-0.2, -0.15) is 0 Å². The van der Waals surface area contributed by atoms with Gasteiger partial charge in [0, 0.05) is 19.3 Å². The Morgan fingerprint density at radius 2 is 1.76 bits per heavy atom. The molecule has 1 unspecified atom stereocenters. The Labute approximate surface area is 179 Å². The molecule has 1 aromatic rings. The molecular weight excluding hydrogens is 358 g/mol. The van der Waals surface area contributed by atoms with Crippen LogP contribution in [0.3, 0.4) is 0 Å². The monoisotopic (exact) mass is 401 g/mol. The van der Waals surface area contributed by atoms with E-state index in [1.807, 2.05) is 46.9 Å². The number of rotatable bonds is 5. The van der Waals surface area contributed by atoms with Gasteiger partial charge in [0.1, 0.15) is 11.6 Å². The van der Waals surface area contributed by atoms with Crippen LogP contribution >= 0.6 is 0 Å². The molecule has 0 aliphatic carbocycles. The highest BCUT2D eigenvalue weighted by Gasteiger charge is 2.22. The summed E-state index contributed by atoms with van der Waals surface area (Å²) in [6.07, 6.45) is 10.1. The summed E-state index contributed by atoms with van der Waals surface area (Å²) < 4.78 is 0. The van der Waals surface area contributed by atoms with Crippen molar-refractivity contribution in [1.82, 2.24) is 15.5 Å². The molecule has 1 aliphatic rings. The van der Waals surface area contributed by atoms with Gasteiger partial charge in [0.05, 0.1) is 6.04 Å². The number of phenolic OH excluding ortho intramolecular Hbond substituents is 1. The Hall–Kier alpha value is -2.62. The lowest BCUT2D eigenvalue weighted by atomic mass is 10.0. The molecule has 0 aromatic heterocycles. The van der Waals surface area contributed by atoms with E-state index in [1.165, 1.54) is 12.8 Å². The maximum absolute atomic E-state index is 9.53. The first-order valence-electron chi connectivity index (χ1n) is 10.5. The van der Waals surface area contributed by atoms with Gasteiger partial charge in [-0.25, -0.2) is 0 Å². The van der Waals surface area contributed by atoms with Crippen molar-refractivity contribution >= 4 is 0 Å². The zero-order valence-corrected chi connectivity index (χ0v) is 19.6. The normalized spacial score (nSPS) is 14.9. The van der Waals surface area contributed by atoms with E-state index < -0.39 is 0 Å². The first-order chi connectivity index (χ1) is 13.9. The maximum atomic E-state index is 9.53. The van der Waals surface area contributed by atoms with E-state index >= 15 is 0 Å². The summed E-state index contributed by atoms with van der Waals surface area (Å²) in [5, 5.41) is 16.1. The lowest BCUT2D eigenvalue weighted by Gasteiger charge is -2.36. The second-order valence-electron chi connectivity index (χ2n) is 6.19. The zero-order valence-electron chi connectivity index (χ0n) is 19.6. The Morgan fingerprint density at radius 1 is 1.21 bits per heavy atom. The van der Waals surface area contributed by atoms with Crippen LogP contribution in [0.15, 0.2) is 73.4 Å². The van der Waals surface area contributed by atoms with E-state index in [-0.39, 0.29) is 6.04 Å². The first kappa shape index (κ1) is 28.6. The molecule has 1 heterocycles. The van der Waals surface area contributed by atoms with Crippen LogP contribution in [0.25, 0.3) is 0 Å². The minimum absolute atomic E-state index is 0.178. The number of hydrogen-bond donors (Lipinski definition) is 3. The van der Waals surface area contributed by atoms with Gasteiger partial charge < -0.3 is 20.6 Å². The van der Waals surface area contributed by atoms with Crippen LogP contribution in [0.1, 0.15) is 66.0 Å². The highest BCUT2D eigenvalue weighted by Crippen LogP contribution is 2.24. The third-order valence-electron chi connectivity index (χ3n) is 3.73. The standard InChI is InChI=1S/C14H19N3O.C6H12.C3H6.C2H6/c1-4-15-14-10(2)16-13(9-17(14)3)11-6-5-7-12(18)8-11;1-3-5-6-4-2;1-3-2;1-2/h4-8,13,15-16,18H,1,9H2,2-3H3;5-6H,3-4H2,1-2H3;3H,1H2,2H3;1-2H3/b;6-5+;;. The molecule has 1 aliphatic heterocycles. The fraction of sp³-hybridized carbons (Fsp3) is 0.440. The SMILES string of the molecule is C=CC.C=CNC1=C(C)NC(c2cccc(O)c2)CN1C.CC.CC/C=C/CC. The highest BCUT2D eigenvalue weighted by atomic mass is 16.3. The van der Waals surface area contributed by atoms with Crippen molar-refractivity contribution in [2.75, 3.05) is 13.6 Å². The molecule has 1 atom stereocenters. The molecule has 0 bridgehead atoms. The number of likely N-dealkylation sites (N-methyl/N-ethyl adjacent to an activating group) is 1. The molecule has 29 heavy (non-hydrogen) atoms. The van der Waals surface area contributed by atoms with Crippen molar-refractivity contribution in [1.29, 1.82) is 0 Å². The number of allylic oxidation sites excluding steroid dienone is 4. The van der Waals surface area contributed by atoms with Gasteiger partial charge in [-0.3, -0.25) is 0 Å². The Bertz CT molecular complexity index is 614. The molecule has 0 fully saturated rings. The van der Waals surface area contributed by atoms with Crippen LogP contribution in [0.2, 0.25) is 0 Å². The molecule has 0 saturated heterocycles. The first-order valence-corrected chi connectivity index (χ1v) is 10.5. The van der Waals surface area contributed by atoms with Crippen LogP contribution < -0.4 is 10.6 Å². The number of benzene rings is 1. The smallest absolute Gasteiger partial charge is 0.124 e. The fourth-order valence-electron chi connectivity index (χ4n) is 2.61. The van der Waals surface area contributed by atoms with Crippen LogP contribution in [0.5, 0.6) is 5.75 Å². The van der Waals surface area contributed by atoms with Crippen molar-refractivity contribution in [3.63, 3.8) is 0 Å². The lowest BCUT2D eigenvalue weighted by Crippen LogP contribution is -2.42. The number of aromatic hydroxyl groups is 1. The van der Waals surface area contributed by atoms with Crippen LogP contribution in [0, 0.1) is 0 Å². The molecule has 3 N–H and O–H groups in total. The van der Waals surface area contributed by atoms with Crippen molar-refractivity contribution in [2.45, 2.75) is 60.4 Å². The summed E-state index contributed by atoms with van der Waals surface area (Å²) in [5.74, 6) is 1.33. The molecule has 0 saturated carbocycles. The summed E-state index contributed by atoms with van der Waals surface area (Å²) in [6, 6.07) is 7.54. The van der Waals surface area contributed by atoms with Crippen molar-refractivity contribution in [2.24, 2.45) is 0 Å².